The molecule has 0 unspecified atom stereocenters. The van der Waals surface area contributed by atoms with Crippen molar-refractivity contribution < 1.29 is 4.74 Å². The standard InChI is InChI=1S/C12H13NO/c1-2-14-12-9-13-8-11(12)10-6-4-3-5-7-10/h3-9,13H,2H2,1H3. The van der Waals surface area contributed by atoms with E-state index in [1.165, 1.54) is 5.56 Å². The van der Waals surface area contributed by atoms with E-state index in [1.807, 2.05) is 37.5 Å². The number of hydrogen-bond donors (Lipinski definition) is 1. The van der Waals surface area contributed by atoms with E-state index in [2.05, 4.69) is 17.1 Å². The van der Waals surface area contributed by atoms with Crippen molar-refractivity contribution in [2.75, 3.05) is 6.61 Å². The number of hydrogen-bond acceptors (Lipinski definition) is 1. The van der Waals surface area contributed by atoms with Crippen molar-refractivity contribution in [2.45, 2.75) is 6.92 Å². The summed E-state index contributed by atoms with van der Waals surface area (Å²) in [4.78, 5) is 3.06. The third-order valence-electron chi connectivity index (χ3n) is 2.09. The zero-order chi connectivity index (χ0) is 9.80. The van der Waals surface area contributed by atoms with Crippen LogP contribution in [0.5, 0.6) is 5.75 Å². The second kappa shape index (κ2) is 4.01. The van der Waals surface area contributed by atoms with Crippen LogP contribution >= 0.6 is 0 Å². The van der Waals surface area contributed by atoms with Crippen LogP contribution in [0.4, 0.5) is 0 Å². The Labute approximate surface area is 83.5 Å². The summed E-state index contributed by atoms with van der Waals surface area (Å²) in [6.45, 7) is 2.68. The molecule has 14 heavy (non-hydrogen) atoms. The molecule has 1 N–H and O–H groups in total. The molecule has 0 aliphatic carbocycles. The predicted octanol–water partition coefficient (Wildman–Crippen LogP) is 3.08. The molecule has 0 amide bonds. The Hall–Kier alpha value is -1.70. The first-order valence-electron chi connectivity index (χ1n) is 4.77. The number of benzene rings is 1. The van der Waals surface area contributed by atoms with E-state index in [-0.39, 0.29) is 0 Å². The van der Waals surface area contributed by atoms with E-state index in [4.69, 9.17) is 4.74 Å². The van der Waals surface area contributed by atoms with Gasteiger partial charge in [0.2, 0.25) is 0 Å². The number of aromatic nitrogens is 1. The molecule has 2 heteroatoms. The Morgan fingerprint density at radius 1 is 1.14 bits per heavy atom. The molecule has 0 aliphatic rings. The van der Waals surface area contributed by atoms with Gasteiger partial charge in [-0.2, -0.15) is 0 Å². The lowest BCUT2D eigenvalue weighted by molar-refractivity contribution is 0.342. The quantitative estimate of drug-likeness (QED) is 0.784. The fourth-order valence-corrected chi connectivity index (χ4v) is 1.47. The van der Waals surface area contributed by atoms with Crippen molar-refractivity contribution in [1.29, 1.82) is 0 Å². The average Bonchev–Trinajstić information content (AvgIpc) is 2.68. The molecule has 1 aromatic carbocycles. The molecule has 2 aromatic rings. The number of aromatic amines is 1. The van der Waals surface area contributed by atoms with Gasteiger partial charge in [-0.3, -0.25) is 0 Å². The molecule has 0 bridgehead atoms. The maximum Gasteiger partial charge on any atom is 0.144 e. The Morgan fingerprint density at radius 3 is 2.64 bits per heavy atom. The Balaban J connectivity index is 2.37. The SMILES string of the molecule is CCOc1c[nH]cc1-c1ccccc1. The molecule has 2 rings (SSSR count). The molecule has 72 valence electrons. The normalized spacial score (nSPS) is 10.1. The Morgan fingerprint density at radius 2 is 1.93 bits per heavy atom. The van der Waals surface area contributed by atoms with Crippen LogP contribution in [-0.2, 0) is 0 Å². The first-order chi connectivity index (χ1) is 6.92. The Bertz CT molecular complexity index is 392. The highest BCUT2D eigenvalue weighted by molar-refractivity contribution is 5.69. The van der Waals surface area contributed by atoms with Crippen molar-refractivity contribution >= 4 is 0 Å². The zero-order valence-electron chi connectivity index (χ0n) is 8.16. The van der Waals surface area contributed by atoms with Gasteiger partial charge in [0.05, 0.1) is 6.61 Å². The van der Waals surface area contributed by atoms with Crippen LogP contribution in [0.3, 0.4) is 0 Å². The van der Waals surface area contributed by atoms with Gasteiger partial charge in [0.15, 0.2) is 0 Å². The molecular weight excluding hydrogens is 174 g/mol. The minimum absolute atomic E-state index is 0.692. The van der Waals surface area contributed by atoms with Crippen LogP contribution in [0.25, 0.3) is 11.1 Å². The summed E-state index contributed by atoms with van der Waals surface area (Å²) in [5.41, 5.74) is 2.30. The summed E-state index contributed by atoms with van der Waals surface area (Å²) in [6, 6.07) is 10.2. The Kier molecular flexibility index (Phi) is 2.54. The molecule has 0 saturated heterocycles. The summed E-state index contributed by atoms with van der Waals surface area (Å²) in [6.07, 6.45) is 3.84. The van der Waals surface area contributed by atoms with Crippen LogP contribution < -0.4 is 4.74 Å². The van der Waals surface area contributed by atoms with Gasteiger partial charge in [-0.15, -0.1) is 0 Å². The summed E-state index contributed by atoms with van der Waals surface area (Å²) in [7, 11) is 0. The van der Waals surface area contributed by atoms with Crippen LogP contribution in [0.2, 0.25) is 0 Å². The molecule has 0 saturated carbocycles. The van der Waals surface area contributed by atoms with Crippen molar-refractivity contribution in [1.82, 2.24) is 4.98 Å². The van der Waals surface area contributed by atoms with Gasteiger partial charge in [0.1, 0.15) is 5.75 Å². The van der Waals surface area contributed by atoms with Crippen molar-refractivity contribution in [2.24, 2.45) is 0 Å². The minimum atomic E-state index is 0.692. The third-order valence-corrected chi connectivity index (χ3v) is 2.09. The van der Waals surface area contributed by atoms with Crippen molar-refractivity contribution in [3.63, 3.8) is 0 Å². The van der Waals surface area contributed by atoms with Crippen LogP contribution in [-0.4, -0.2) is 11.6 Å². The topological polar surface area (TPSA) is 25.0 Å². The summed E-state index contributed by atoms with van der Waals surface area (Å²) in [5.74, 6) is 0.915. The lowest BCUT2D eigenvalue weighted by Crippen LogP contribution is -1.90. The minimum Gasteiger partial charge on any atom is -0.492 e. The molecule has 1 aromatic heterocycles. The number of ether oxygens (including phenoxy) is 1. The van der Waals surface area contributed by atoms with E-state index in [9.17, 15) is 0 Å². The first-order valence-corrected chi connectivity index (χ1v) is 4.77. The molecule has 0 radical (unpaired) electrons. The van der Waals surface area contributed by atoms with Gasteiger partial charge >= 0.3 is 0 Å². The van der Waals surface area contributed by atoms with Gasteiger partial charge in [0, 0.05) is 18.0 Å². The number of nitrogens with one attached hydrogen (secondary N) is 1. The molecular formula is C12H13NO. The van der Waals surface area contributed by atoms with Crippen LogP contribution in [0.15, 0.2) is 42.7 Å². The molecule has 0 aliphatic heterocycles. The first kappa shape index (κ1) is 8.88. The fraction of sp³-hybridized carbons (Fsp3) is 0.167. The van der Waals surface area contributed by atoms with E-state index < -0.39 is 0 Å². The highest BCUT2D eigenvalue weighted by atomic mass is 16.5. The second-order valence-corrected chi connectivity index (χ2v) is 3.03. The largest absolute Gasteiger partial charge is 0.492 e. The highest BCUT2D eigenvalue weighted by Crippen LogP contribution is 2.29. The van der Waals surface area contributed by atoms with E-state index in [1.54, 1.807) is 0 Å². The van der Waals surface area contributed by atoms with Gasteiger partial charge in [-0.1, -0.05) is 30.3 Å². The van der Waals surface area contributed by atoms with Crippen molar-refractivity contribution in [3.05, 3.63) is 42.7 Å². The van der Waals surface area contributed by atoms with Gasteiger partial charge in [0.25, 0.3) is 0 Å². The predicted molar refractivity (Wildman–Crippen MR) is 57.4 cm³/mol. The lowest BCUT2D eigenvalue weighted by atomic mass is 10.1. The molecule has 1 heterocycles. The zero-order valence-corrected chi connectivity index (χ0v) is 8.16. The monoisotopic (exact) mass is 187 g/mol. The van der Waals surface area contributed by atoms with Gasteiger partial charge in [-0.05, 0) is 12.5 Å². The molecule has 0 atom stereocenters. The molecule has 2 nitrogen and oxygen atoms in total. The molecule has 0 fully saturated rings. The number of rotatable bonds is 3. The van der Waals surface area contributed by atoms with Gasteiger partial charge < -0.3 is 9.72 Å². The van der Waals surface area contributed by atoms with Gasteiger partial charge in [-0.25, -0.2) is 0 Å². The lowest BCUT2D eigenvalue weighted by Gasteiger charge is -2.03. The average molecular weight is 187 g/mol. The maximum atomic E-state index is 5.50. The van der Waals surface area contributed by atoms with Crippen molar-refractivity contribution in [3.8, 4) is 16.9 Å². The summed E-state index contributed by atoms with van der Waals surface area (Å²) < 4.78 is 5.50. The van der Waals surface area contributed by atoms with E-state index in [0.717, 1.165) is 11.3 Å². The van der Waals surface area contributed by atoms with E-state index in [0.29, 0.717) is 6.61 Å². The van der Waals surface area contributed by atoms with E-state index >= 15 is 0 Å². The second-order valence-electron chi connectivity index (χ2n) is 3.03. The van der Waals surface area contributed by atoms with Crippen LogP contribution in [0, 0.1) is 0 Å². The fourth-order valence-electron chi connectivity index (χ4n) is 1.47. The summed E-state index contributed by atoms with van der Waals surface area (Å²) in [5, 5.41) is 0. The summed E-state index contributed by atoms with van der Waals surface area (Å²) >= 11 is 0. The number of H-pyrrole nitrogens is 1. The third kappa shape index (κ3) is 1.64. The smallest absolute Gasteiger partial charge is 0.144 e. The highest BCUT2D eigenvalue weighted by Gasteiger charge is 2.05. The maximum absolute atomic E-state index is 5.50. The van der Waals surface area contributed by atoms with Crippen LogP contribution in [0.1, 0.15) is 6.92 Å². The molecule has 0 spiro atoms.